The summed E-state index contributed by atoms with van der Waals surface area (Å²) in [4.78, 5) is 17.0. The second-order valence-corrected chi connectivity index (χ2v) is 6.26. The SMILES string of the molecule is CC[C@H](C(=O)Nc1nc(-c2ccc(F)cc2)cs1)c1ccccc1. The number of nitrogens with one attached hydrogen (secondary N) is 1. The van der Waals surface area contributed by atoms with Gasteiger partial charge in [-0.2, -0.15) is 0 Å². The van der Waals surface area contributed by atoms with E-state index in [4.69, 9.17) is 0 Å². The molecule has 1 atom stereocenters. The van der Waals surface area contributed by atoms with Crippen LogP contribution in [0.4, 0.5) is 9.52 Å². The predicted octanol–water partition coefficient (Wildman–Crippen LogP) is 5.08. The number of hydrogen-bond donors (Lipinski definition) is 1. The first-order valence-corrected chi connectivity index (χ1v) is 8.62. The van der Waals surface area contributed by atoms with E-state index in [9.17, 15) is 9.18 Å². The van der Waals surface area contributed by atoms with Crippen LogP contribution in [0, 0.1) is 5.82 Å². The average molecular weight is 340 g/mol. The largest absolute Gasteiger partial charge is 0.301 e. The van der Waals surface area contributed by atoms with Crippen molar-refractivity contribution < 1.29 is 9.18 Å². The van der Waals surface area contributed by atoms with E-state index in [-0.39, 0.29) is 17.6 Å². The molecule has 1 heterocycles. The molecule has 0 unspecified atom stereocenters. The maximum atomic E-state index is 13.0. The van der Waals surface area contributed by atoms with E-state index in [1.165, 1.54) is 23.5 Å². The first kappa shape index (κ1) is 16.3. The van der Waals surface area contributed by atoms with E-state index in [1.807, 2.05) is 42.6 Å². The van der Waals surface area contributed by atoms with Crippen LogP contribution in [0.1, 0.15) is 24.8 Å². The first-order chi connectivity index (χ1) is 11.7. The number of halogens is 1. The number of anilines is 1. The van der Waals surface area contributed by atoms with Gasteiger partial charge in [-0.25, -0.2) is 9.37 Å². The molecular weight excluding hydrogens is 323 g/mol. The Morgan fingerprint density at radius 1 is 1.17 bits per heavy atom. The van der Waals surface area contributed by atoms with Gasteiger partial charge in [0.25, 0.3) is 0 Å². The fourth-order valence-corrected chi connectivity index (χ4v) is 3.26. The van der Waals surface area contributed by atoms with Crippen LogP contribution in [0.2, 0.25) is 0 Å². The van der Waals surface area contributed by atoms with Gasteiger partial charge in [0.1, 0.15) is 5.82 Å². The van der Waals surface area contributed by atoms with Crippen molar-refractivity contribution in [3.05, 3.63) is 71.4 Å². The van der Waals surface area contributed by atoms with Gasteiger partial charge in [0.05, 0.1) is 11.6 Å². The van der Waals surface area contributed by atoms with Crippen molar-refractivity contribution in [1.29, 1.82) is 0 Å². The molecule has 0 aliphatic carbocycles. The Bertz CT molecular complexity index is 815. The van der Waals surface area contributed by atoms with Gasteiger partial charge in [-0.05, 0) is 36.2 Å². The molecule has 122 valence electrons. The topological polar surface area (TPSA) is 42.0 Å². The molecule has 1 aromatic heterocycles. The summed E-state index contributed by atoms with van der Waals surface area (Å²) in [5.41, 5.74) is 2.54. The summed E-state index contributed by atoms with van der Waals surface area (Å²) in [5, 5.41) is 5.29. The number of carbonyl (C=O) groups excluding carboxylic acids is 1. The van der Waals surface area contributed by atoms with E-state index in [0.717, 1.165) is 16.8 Å². The van der Waals surface area contributed by atoms with Crippen molar-refractivity contribution in [1.82, 2.24) is 4.98 Å². The highest BCUT2D eigenvalue weighted by atomic mass is 32.1. The van der Waals surface area contributed by atoms with Gasteiger partial charge >= 0.3 is 0 Å². The van der Waals surface area contributed by atoms with Crippen LogP contribution in [-0.4, -0.2) is 10.9 Å². The van der Waals surface area contributed by atoms with Gasteiger partial charge in [0.2, 0.25) is 5.91 Å². The van der Waals surface area contributed by atoms with E-state index in [1.54, 1.807) is 12.1 Å². The number of thiazole rings is 1. The molecule has 0 bridgehead atoms. The lowest BCUT2D eigenvalue weighted by Crippen LogP contribution is -2.20. The van der Waals surface area contributed by atoms with Crippen molar-refractivity contribution in [2.24, 2.45) is 0 Å². The molecule has 5 heteroatoms. The van der Waals surface area contributed by atoms with Crippen LogP contribution in [0.3, 0.4) is 0 Å². The Labute approximate surface area is 144 Å². The number of benzene rings is 2. The molecule has 3 nitrogen and oxygen atoms in total. The Balaban J connectivity index is 1.74. The molecule has 3 rings (SSSR count). The monoisotopic (exact) mass is 340 g/mol. The summed E-state index contributed by atoms with van der Waals surface area (Å²) in [6.07, 6.45) is 0.714. The van der Waals surface area contributed by atoms with Crippen molar-refractivity contribution in [2.45, 2.75) is 19.3 Å². The molecule has 0 fully saturated rings. The van der Waals surface area contributed by atoms with Gasteiger partial charge in [-0.1, -0.05) is 37.3 Å². The van der Waals surface area contributed by atoms with Crippen LogP contribution in [0.25, 0.3) is 11.3 Å². The van der Waals surface area contributed by atoms with Gasteiger partial charge in [-0.3, -0.25) is 4.79 Å². The maximum absolute atomic E-state index is 13.0. The molecule has 1 N–H and O–H groups in total. The Morgan fingerprint density at radius 3 is 2.54 bits per heavy atom. The highest BCUT2D eigenvalue weighted by Crippen LogP contribution is 2.27. The minimum absolute atomic E-state index is 0.0660. The summed E-state index contributed by atoms with van der Waals surface area (Å²) in [7, 11) is 0. The highest BCUT2D eigenvalue weighted by Gasteiger charge is 2.19. The normalized spacial score (nSPS) is 11.9. The van der Waals surface area contributed by atoms with Crippen LogP contribution in [0.15, 0.2) is 60.0 Å². The standard InChI is InChI=1S/C19H17FN2OS/c1-2-16(13-6-4-3-5-7-13)18(23)22-19-21-17(12-24-19)14-8-10-15(20)11-9-14/h3-12,16H,2H2,1H3,(H,21,22,23)/t16-/m0/s1. The van der Waals surface area contributed by atoms with Gasteiger partial charge in [0, 0.05) is 10.9 Å². The lowest BCUT2D eigenvalue weighted by molar-refractivity contribution is -0.117. The number of amides is 1. The molecule has 1 amide bonds. The molecule has 2 aromatic carbocycles. The molecule has 0 radical (unpaired) electrons. The number of nitrogens with zero attached hydrogens (tertiary/aromatic N) is 1. The smallest absolute Gasteiger partial charge is 0.233 e. The maximum Gasteiger partial charge on any atom is 0.233 e. The fraction of sp³-hybridized carbons (Fsp3) is 0.158. The first-order valence-electron chi connectivity index (χ1n) is 7.74. The predicted molar refractivity (Wildman–Crippen MR) is 95.6 cm³/mol. The van der Waals surface area contributed by atoms with Crippen LogP contribution >= 0.6 is 11.3 Å². The third kappa shape index (κ3) is 3.68. The minimum atomic E-state index is -0.281. The quantitative estimate of drug-likeness (QED) is 0.703. The molecular formula is C19H17FN2OS. The van der Waals surface area contributed by atoms with Crippen molar-refractivity contribution in [3.8, 4) is 11.3 Å². The number of carbonyl (C=O) groups is 1. The Hall–Kier alpha value is -2.53. The molecule has 0 aliphatic heterocycles. The van der Waals surface area contributed by atoms with Gasteiger partial charge in [-0.15, -0.1) is 11.3 Å². The molecule has 0 saturated carbocycles. The van der Waals surface area contributed by atoms with E-state index >= 15 is 0 Å². The molecule has 0 saturated heterocycles. The van der Waals surface area contributed by atoms with Gasteiger partial charge in [0.15, 0.2) is 5.13 Å². The van der Waals surface area contributed by atoms with Crippen molar-refractivity contribution in [3.63, 3.8) is 0 Å². The zero-order valence-electron chi connectivity index (χ0n) is 13.2. The number of rotatable bonds is 5. The molecule has 3 aromatic rings. The van der Waals surface area contributed by atoms with Crippen LogP contribution in [0.5, 0.6) is 0 Å². The second-order valence-electron chi connectivity index (χ2n) is 5.41. The Morgan fingerprint density at radius 2 is 1.88 bits per heavy atom. The molecule has 0 aliphatic rings. The summed E-state index contributed by atoms with van der Waals surface area (Å²) in [6.45, 7) is 1.99. The fourth-order valence-electron chi connectivity index (χ4n) is 2.53. The highest BCUT2D eigenvalue weighted by molar-refractivity contribution is 7.14. The van der Waals surface area contributed by atoms with E-state index < -0.39 is 0 Å². The summed E-state index contributed by atoms with van der Waals surface area (Å²) in [6, 6.07) is 15.9. The van der Waals surface area contributed by atoms with E-state index in [2.05, 4.69) is 10.3 Å². The summed E-state index contributed by atoms with van der Waals surface area (Å²) < 4.78 is 13.0. The lowest BCUT2D eigenvalue weighted by Gasteiger charge is -2.14. The van der Waals surface area contributed by atoms with Gasteiger partial charge < -0.3 is 5.32 Å². The molecule has 0 spiro atoms. The van der Waals surface area contributed by atoms with E-state index in [0.29, 0.717) is 11.6 Å². The lowest BCUT2D eigenvalue weighted by atomic mass is 9.96. The minimum Gasteiger partial charge on any atom is -0.301 e. The van der Waals surface area contributed by atoms with Crippen LogP contribution in [-0.2, 0) is 4.79 Å². The summed E-state index contributed by atoms with van der Waals surface area (Å²) >= 11 is 1.36. The average Bonchev–Trinajstić information content (AvgIpc) is 3.05. The van der Waals surface area contributed by atoms with Crippen molar-refractivity contribution in [2.75, 3.05) is 5.32 Å². The van der Waals surface area contributed by atoms with Crippen molar-refractivity contribution >= 4 is 22.4 Å². The Kier molecular flexibility index (Phi) is 5.01. The van der Waals surface area contributed by atoms with Crippen LogP contribution < -0.4 is 5.32 Å². The zero-order chi connectivity index (χ0) is 16.9. The zero-order valence-corrected chi connectivity index (χ0v) is 14.0. The molecule has 24 heavy (non-hydrogen) atoms. The summed E-state index contributed by atoms with van der Waals surface area (Å²) in [5.74, 6) is -0.552. The number of hydrogen-bond acceptors (Lipinski definition) is 3. The third-order valence-electron chi connectivity index (χ3n) is 3.80. The third-order valence-corrected chi connectivity index (χ3v) is 4.56. The number of aromatic nitrogens is 1. The second kappa shape index (κ2) is 7.36.